The lowest BCUT2D eigenvalue weighted by Gasteiger charge is -2.13. The van der Waals surface area contributed by atoms with Gasteiger partial charge in [-0.1, -0.05) is 23.2 Å². The molecule has 0 heterocycles. The number of nitrogens with one attached hydrogen (secondary N) is 2. The maximum Gasteiger partial charge on any atom is 0.340 e. The minimum absolute atomic E-state index is 0.00546. The zero-order chi connectivity index (χ0) is 28.9. The number of hydrogen-bond donors (Lipinski definition) is 2. The summed E-state index contributed by atoms with van der Waals surface area (Å²) in [4.78, 5) is 44.9. The van der Waals surface area contributed by atoms with Crippen LogP contribution in [-0.4, -0.2) is 43.9 Å². The van der Waals surface area contributed by atoms with Gasteiger partial charge in [-0.25, -0.2) is 13.2 Å². The quantitative estimate of drug-likeness (QED) is 0.191. The van der Waals surface area contributed by atoms with Crippen LogP contribution >= 0.6 is 23.2 Å². The number of amides is 1. The third-order valence-corrected chi connectivity index (χ3v) is 6.90. The first-order chi connectivity index (χ1) is 18.3. The van der Waals surface area contributed by atoms with Gasteiger partial charge in [-0.05, 0) is 30.3 Å². The Morgan fingerprint density at radius 2 is 1.49 bits per heavy atom. The zero-order valence-electron chi connectivity index (χ0n) is 19.5. The molecule has 204 valence electrons. The number of nitro groups is 2. The van der Waals surface area contributed by atoms with Gasteiger partial charge in [-0.3, -0.25) is 29.7 Å². The molecule has 3 rings (SSSR count). The first kappa shape index (κ1) is 29.1. The first-order valence-electron chi connectivity index (χ1n) is 10.4. The molecule has 0 saturated heterocycles. The lowest BCUT2D eigenvalue weighted by Crippen LogP contribution is -2.21. The standard InChI is InChI=1S/C22H16Cl2N4O10S/c1-37-20-7-3-13(28(33)34)9-19(20)26-39(35,36)14-4-6-16(23)15(10-14)22(30)38-11-21(29)25-18-8-12(27(31)32)2-5-17(18)24/h2-10,26H,11H2,1H3,(H,25,29). The number of rotatable bonds is 10. The second-order valence-corrected chi connectivity index (χ2v) is 9.93. The Hall–Kier alpha value is -4.47. The molecule has 0 atom stereocenters. The van der Waals surface area contributed by atoms with Gasteiger partial charge >= 0.3 is 5.97 Å². The molecule has 3 aromatic rings. The van der Waals surface area contributed by atoms with Gasteiger partial charge in [-0.15, -0.1) is 0 Å². The number of hydrogen-bond acceptors (Lipinski definition) is 10. The second-order valence-electron chi connectivity index (χ2n) is 7.43. The number of halogens is 2. The highest BCUT2D eigenvalue weighted by Crippen LogP contribution is 2.32. The van der Waals surface area contributed by atoms with Crippen molar-refractivity contribution in [2.45, 2.75) is 4.90 Å². The highest BCUT2D eigenvalue weighted by atomic mass is 35.5. The van der Waals surface area contributed by atoms with E-state index in [4.69, 9.17) is 32.7 Å². The molecule has 0 radical (unpaired) electrons. The largest absolute Gasteiger partial charge is 0.495 e. The molecular weight excluding hydrogens is 583 g/mol. The van der Waals surface area contributed by atoms with E-state index >= 15 is 0 Å². The highest BCUT2D eigenvalue weighted by Gasteiger charge is 2.23. The fourth-order valence-corrected chi connectivity index (χ4v) is 4.49. The summed E-state index contributed by atoms with van der Waals surface area (Å²) in [6, 6.07) is 9.66. The monoisotopic (exact) mass is 598 g/mol. The van der Waals surface area contributed by atoms with E-state index in [1.807, 2.05) is 0 Å². The molecule has 1 amide bonds. The van der Waals surface area contributed by atoms with E-state index in [2.05, 4.69) is 10.0 Å². The fraction of sp³-hybridized carbons (Fsp3) is 0.0909. The van der Waals surface area contributed by atoms with Crippen LogP contribution in [-0.2, 0) is 19.6 Å². The Morgan fingerprint density at radius 3 is 2.10 bits per heavy atom. The van der Waals surface area contributed by atoms with E-state index in [0.29, 0.717) is 0 Å². The van der Waals surface area contributed by atoms with Crippen molar-refractivity contribution >= 4 is 67.9 Å². The van der Waals surface area contributed by atoms with Crippen LogP contribution in [0.3, 0.4) is 0 Å². The Kier molecular flexibility index (Phi) is 8.90. The Morgan fingerprint density at radius 1 is 0.897 bits per heavy atom. The average Bonchev–Trinajstić information content (AvgIpc) is 2.88. The number of nitro benzene ring substituents is 2. The van der Waals surface area contributed by atoms with Crippen molar-refractivity contribution in [3.8, 4) is 5.75 Å². The summed E-state index contributed by atoms with van der Waals surface area (Å²) in [6.45, 7) is -0.867. The molecular formula is C22H16Cl2N4O10S. The number of esters is 1. The third-order valence-electron chi connectivity index (χ3n) is 4.88. The van der Waals surface area contributed by atoms with Crippen LogP contribution in [0.2, 0.25) is 10.0 Å². The SMILES string of the molecule is COc1ccc([N+](=O)[O-])cc1NS(=O)(=O)c1ccc(Cl)c(C(=O)OCC(=O)Nc2cc([N+](=O)[O-])ccc2Cl)c1. The Balaban J connectivity index is 1.77. The lowest BCUT2D eigenvalue weighted by molar-refractivity contribution is -0.385. The molecule has 0 spiro atoms. The number of anilines is 2. The number of ether oxygens (including phenoxy) is 2. The number of non-ortho nitro benzene ring substituents is 2. The van der Waals surface area contributed by atoms with Gasteiger partial charge in [0.25, 0.3) is 27.3 Å². The number of carbonyl (C=O) groups is 2. The highest BCUT2D eigenvalue weighted by molar-refractivity contribution is 7.92. The maximum atomic E-state index is 13.0. The Labute approximate surface area is 229 Å². The summed E-state index contributed by atoms with van der Waals surface area (Å²) in [6.07, 6.45) is 0. The average molecular weight is 599 g/mol. The molecule has 17 heteroatoms. The van der Waals surface area contributed by atoms with Crippen LogP contribution in [0, 0.1) is 20.2 Å². The van der Waals surface area contributed by atoms with Crippen LogP contribution in [0.1, 0.15) is 10.4 Å². The summed E-state index contributed by atoms with van der Waals surface area (Å²) in [5.41, 5.74) is -1.49. The van der Waals surface area contributed by atoms with Crippen LogP contribution in [0.15, 0.2) is 59.5 Å². The fourth-order valence-electron chi connectivity index (χ4n) is 3.04. The van der Waals surface area contributed by atoms with E-state index < -0.39 is 54.5 Å². The predicted molar refractivity (Wildman–Crippen MR) is 139 cm³/mol. The van der Waals surface area contributed by atoms with E-state index in [0.717, 1.165) is 42.5 Å². The summed E-state index contributed by atoms with van der Waals surface area (Å²) in [7, 11) is -3.18. The molecule has 0 saturated carbocycles. The summed E-state index contributed by atoms with van der Waals surface area (Å²) >= 11 is 11.9. The molecule has 0 aliphatic rings. The Bertz CT molecular complexity index is 1600. The van der Waals surface area contributed by atoms with Crippen molar-refractivity contribution in [1.29, 1.82) is 0 Å². The van der Waals surface area contributed by atoms with E-state index in [1.54, 1.807) is 0 Å². The van der Waals surface area contributed by atoms with Gasteiger partial charge in [-0.2, -0.15) is 0 Å². The number of sulfonamides is 1. The number of benzene rings is 3. The van der Waals surface area contributed by atoms with Crippen molar-refractivity contribution in [2.75, 3.05) is 23.8 Å². The van der Waals surface area contributed by atoms with Gasteiger partial charge in [0.1, 0.15) is 5.75 Å². The number of nitrogens with zero attached hydrogens (tertiary/aromatic N) is 2. The molecule has 2 N–H and O–H groups in total. The molecule has 0 aromatic heterocycles. The van der Waals surface area contributed by atoms with Crippen molar-refractivity contribution in [3.63, 3.8) is 0 Å². The molecule has 0 unspecified atom stereocenters. The minimum atomic E-state index is -4.42. The van der Waals surface area contributed by atoms with E-state index in [-0.39, 0.29) is 32.9 Å². The van der Waals surface area contributed by atoms with Gasteiger partial charge in [0.15, 0.2) is 6.61 Å². The minimum Gasteiger partial charge on any atom is -0.495 e. The van der Waals surface area contributed by atoms with Gasteiger partial charge < -0.3 is 14.8 Å². The predicted octanol–water partition coefficient (Wildman–Crippen LogP) is 4.41. The van der Waals surface area contributed by atoms with Crippen molar-refractivity contribution in [3.05, 3.63) is 90.4 Å². The number of methoxy groups -OCH3 is 1. The van der Waals surface area contributed by atoms with Crippen LogP contribution in [0.4, 0.5) is 22.7 Å². The maximum absolute atomic E-state index is 13.0. The smallest absolute Gasteiger partial charge is 0.340 e. The third kappa shape index (κ3) is 7.10. The molecule has 39 heavy (non-hydrogen) atoms. The molecule has 3 aromatic carbocycles. The van der Waals surface area contributed by atoms with Crippen molar-refractivity contribution in [1.82, 2.24) is 0 Å². The van der Waals surface area contributed by atoms with Crippen molar-refractivity contribution < 1.29 is 37.3 Å². The molecule has 0 aliphatic carbocycles. The number of carbonyl (C=O) groups excluding carboxylic acids is 2. The summed E-state index contributed by atoms with van der Waals surface area (Å²) < 4.78 is 38.0. The van der Waals surface area contributed by atoms with E-state index in [1.165, 1.54) is 19.2 Å². The molecule has 14 nitrogen and oxygen atoms in total. The van der Waals surface area contributed by atoms with Gasteiger partial charge in [0.2, 0.25) is 0 Å². The van der Waals surface area contributed by atoms with Gasteiger partial charge in [0.05, 0.1) is 48.8 Å². The molecule has 0 fully saturated rings. The van der Waals surface area contributed by atoms with E-state index in [9.17, 15) is 38.2 Å². The normalized spacial score (nSPS) is 10.8. The van der Waals surface area contributed by atoms with Gasteiger partial charge in [0, 0.05) is 24.3 Å². The summed E-state index contributed by atoms with van der Waals surface area (Å²) in [5, 5.41) is 24.0. The molecule has 0 aliphatic heterocycles. The topological polar surface area (TPSA) is 197 Å². The zero-order valence-corrected chi connectivity index (χ0v) is 21.9. The summed E-state index contributed by atoms with van der Waals surface area (Å²) in [5.74, 6) is -2.07. The molecule has 0 bridgehead atoms. The second kappa shape index (κ2) is 11.9. The lowest BCUT2D eigenvalue weighted by atomic mass is 10.2. The van der Waals surface area contributed by atoms with Crippen LogP contribution < -0.4 is 14.8 Å². The van der Waals surface area contributed by atoms with Crippen LogP contribution in [0.5, 0.6) is 5.75 Å². The first-order valence-corrected chi connectivity index (χ1v) is 12.6. The van der Waals surface area contributed by atoms with Crippen LogP contribution in [0.25, 0.3) is 0 Å². The van der Waals surface area contributed by atoms with Crippen molar-refractivity contribution in [2.24, 2.45) is 0 Å².